The van der Waals surface area contributed by atoms with E-state index in [1.54, 1.807) is 14.0 Å². The van der Waals surface area contributed by atoms with Crippen LogP contribution in [-0.4, -0.2) is 47.6 Å². The largest absolute Gasteiger partial charge is 0.480 e. The minimum absolute atomic E-state index is 0.0375. The predicted molar refractivity (Wildman–Crippen MR) is 55.4 cm³/mol. The number of hydrogen-bond acceptors (Lipinski definition) is 3. The summed E-state index contributed by atoms with van der Waals surface area (Å²) in [7, 11) is 1.69. The van der Waals surface area contributed by atoms with Gasteiger partial charge in [-0.1, -0.05) is 6.92 Å². The van der Waals surface area contributed by atoms with Crippen LogP contribution in [-0.2, 0) is 9.59 Å². The Balaban J connectivity index is 2.77. The standard InChI is InChI=1S/C10H18N2O3/c1-6-4-5-12(8(6)10(14)15)9(13)7(2)11-3/h6-8,11H,4-5H2,1-3H3,(H,14,15). The first-order valence-corrected chi connectivity index (χ1v) is 5.19. The van der Waals surface area contributed by atoms with Crippen LogP contribution < -0.4 is 5.32 Å². The quantitative estimate of drug-likeness (QED) is 0.689. The number of likely N-dealkylation sites (tertiary alicyclic amines) is 1. The number of carboxylic acids is 1. The van der Waals surface area contributed by atoms with Crippen LogP contribution in [0.2, 0.25) is 0 Å². The van der Waals surface area contributed by atoms with Gasteiger partial charge in [0.15, 0.2) is 0 Å². The Morgan fingerprint density at radius 3 is 2.60 bits per heavy atom. The molecule has 1 aliphatic heterocycles. The fraction of sp³-hybridized carbons (Fsp3) is 0.800. The average Bonchev–Trinajstić information content (AvgIpc) is 2.57. The Morgan fingerprint density at radius 1 is 1.53 bits per heavy atom. The number of carbonyl (C=O) groups excluding carboxylic acids is 1. The molecule has 1 heterocycles. The topological polar surface area (TPSA) is 69.6 Å². The van der Waals surface area contributed by atoms with E-state index in [1.807, 2.05) is 6.92 Å². The molecule has 2 N–H and O–H groups in total. The molecular formula is C10H18N2O3. The molecule has 1 aliphatic rings. The number of nitrogens with zero attached hydrogens (tertiary/aromatic N) is 1. The SMILES string of the molecule is CNC(C)C(=O)N1CCC(C)C1C(=O)O. The van der Waals surface area contributed by atoms with Gasteiger partial charge in [-0.25, -0.2) is 4.79 Å². The molecule has 1 amide bonds. The van der Waals surface area contributed by atoms with Gasteiger partial charge < -0.3 is 15.3 Å². The minimum Gasteiger partial charge on any atom is -0.480 e. The lowest BCUT2D eigenvalue weighted by atomic mass is 10.0. The number of rotatable bonds is 3. The van der Waals surface area contributed by atoms with Crippen molar-refractivity contribution >= 4 is 11.9 Å². The molecule has 0 radical (unpaired) electrons. The lowest BCUT2D eigenvalue weighted by Gasteiger charge is -2.26. The zero-order chi connectivity index (χ0) is 11.6. The highest BCUT2D eigenvalue weighted by Crippen LogP contribution is 2.24. The molecule has 0 bridgehead atoms. The fourth-order valence-corrected chi connectivity index (χ4v) is 1.94. The maximum Gasteiger partial charge on any atom is 0.326 e. The van der Waals surface area contributed by atoms with Crippen LogP contribution in [0.25, 0.3) is 0 Å². The molecular weight excluding hydrogens is 196 g/mol. The van der Waals surface area contributed by atoms with Crippen LogP contribution in [0, 0.1) is 5.92 Å². The van der Waals surface area contributed by atoms with Gasteiger partial charge in [-0.15, -0.1) is 0 Å². The molecule has 3 atom stereocenters. The van der Waals surface area contributed by atoms with Crippen molar-refractivity contribution in [2.24, 2.45) is 5.92 Å². The van der Waals surface area contributed by atoms with Gasteiger partial charge in [0.25, 0.3) is 0 Å². The lowest BCUT2D eigenvalue weighted by Crippen LogP contribution is -2.49. The Bertz CT molecular complexity index is 267. The summed E-state index contributed by atoms with van der Waals surface area (Å²) in [5.41, 5.74) is 0. The summed E-state index contributed by atoms with van der Waals surface area (Å²) in [6.45, 7) is 4.16. The first-order chi connectivity index (χ1) is 6.99. The molecule has 3 unspecified atom stereocenters. The molecule has 1 saturated heterocycles. The molecule has 0 spiro atoms. The Kier molecular flexibility index (Phi) is 3.68. The van der Waals surface area contributed by atoms with Gasteiger partial charge in [0.05, 0.1) is 6.04 Å². The molecule has 5 nitrogen and oxygen atoms in total. The second kappa shape index (κ2) is 4.61. The van der Waals surface area contributed by atoms with Crippen molar-refractivity contribution in [3.8, 4) is 0 Å². The molecule has 5 heteroatoms. The Hall–Kier alpha value is -1.10. The van der Waals surface area contributed by atoms with Gasteiger partial charge in [0.1, 0.15) is 6.04 Å². The normalized spacial score (nSPS) is 27.8. The van der Waals surface area contributed by atoms with Crippen LogP contribution in [0.1, 0.15) is 20.3 Å². The van der Waals surface area contributed by atoms with Crippen molar-refractivity contribution < 1.29 is 14.7 Å². The Morgan fingerprint density at radius 2 is 2.13 bits per heavy atom. The number of nitrogens with one attached hydrogen (secondary N) is 1. The van der Waals surface area contributed by atoms with E-state index in [0.29, 0.717) is 6.54 Å². The van der Waals surface area contributed by atoms with E-state index in [2.05, 4.69) is 5.32 Å². The monoisotopic (exact) mass is 214 g/mol. The predicted octanol–water partition coefficient (Wildman–Crippen LogP) is -0.0841. The van der Waals surface area contributed by atoms with Gasteiger partial charge in [-0.05, 0) is 26.3 Å². The minimum atomic E-state index is -0.906. The summed E-state index contributed by atoms with van der Waals surface area (Å²) in [5, 5.41) is 11.9. The third-order valence-electron chi connectivity index (χ3n) is 3.04. The van der Waals surface area contributed by atoms with Gasteiger partial charge in [0.2, 0.25) is 5.91 Å². The van der Waals surface area contributed by atoms with E-state index >= 15 is 0 Å². The molecule has 0 aromatic heterocycles. The molecule has 1 rings (SSSR count). The maximum absolute atomic E-state index is 11.8. The second-order valence-electron chi connectivity index (χ2n) is 4.09. The van der Waals surface area contributed by atoms with Crippen molar-refractivity contribution in [3.63, 3.8) is 0 Å². The van der Waals surface area contributed by atoms with Crippen LogP contribution >= 0.6 is 0 Å². The molecule has 0 aromatic carbocycles. The average molecular weight is 214 g/mol. The van der Waals surface area contributed by atoms with Gasteiger partial charge >= 0.3 is 5.97 Å². The second-order valence-corrected chi connectivity index (χ2v) is 4.09. The zero-order valence-corrected chi connectivity index (χ0v) is 9.36. The van der Waals surface area contributed by atoms with E-state index < -0.39 is 12.0 Å². The molecule has 86 valence electrons. The van der Waals surface area contributed by atoms with E-state index in [-0.39, 0.29) is 17.9 Å². The molecule has 0 aliphatic carbocycles. The maximum atomic E-state index is 11.8. The first-order valence-electron chi connectivity index (χ1n) is 5.19. The van der Waals surface area contributed by atoms with Crippen molar-refractivity contribution in [2.75, 3.05) is 13.6 Å². The van der Waals surface area contributed by atoms with Crippen LogP contribution in [0.4, 0.5) is 0 Å². The summed E-state index contributed by atoms with van der Waals surface area (Å²) < 4.78 is 0. The summed E-state index contributed by atoms with van der Waals surface area (Å²) in [4.78, 5) is 24.3. The fourth-order valence-electron chi connectivity index (χ4n) is 1.94. The summed E-state index contributed by atoms with van der Waals surface area (Å²) >= 11 is 0. The van der Waals surface area contributed by atoms with Crippen molar-refractivity contribution in [2.45, 2.75) is 32.4 Å². The highest BCUT2D eigenvalue weighted by atomic mass is 16.4. The number of carbonyl (C=O) groups is 2. The third-order valence-corrected chi connectivity index (χ3v) is 3.04. The van der Waals surface area contributed by atoms with E-state index in [1.165, 1.54) is 4.90 Å². The number of likely N-dealkylation sites (N-methyl/N-ethyl adjacent to an activating group) is 1. The van der Waals surface area contributed by atoms with Crippen molar-refractivity contribution in [1.82, 2.24) is 10.2 Å². The number of carboxylic acid groups (broad SMARTS) is 1. The molecule has 0 saturated carbocycles. The molecule has 0 aromatic rings. The number of amides is 1. The summed E-state index contributed by atoms with van der Waals surface area (Å²) in [6.07, 6.45) is 0.763. The van der Waals surface area contributed by atoms with Gasteiger partial charge in [-0.3, -0.25) is 4.79 Å². The van der Waals surface area contributed by atoms with Crippen LogP contribution in [0.15, 0.2) is 0 Å². The zero-order valence-electron chi connectivity index (χ0n) is 9.36. The smallest absolute Gasteiger partial charge is 0.326 e. The lowest BCUT2D eigenvalue weighted by molar-refractivity contribution is -0.150. The van der Waals surface area contributed by atoms with Crippen molar-refractivity contribution in [1.29, 1.82) is 0 Å². The van der Waals surface area contributed by atoms with Gasteiger partial charge in [0, 0.05) is 6.54 Å². The third kappa shape index (κ3) is 2.28. The van der Waals surface area contributed by atoms with E-state index in [4.69, 9.17) is 5.11 Å². The highest BCUT2D eigenvalue weighted by molar-refractivity contribution is 5.87. The van der Waals surface area contributed by atoms with Gasteiger partial charge in [-0.2, -0.15) is 0 Å². The first kappa shape index (κ1) is 12.0. The summed E-state index contributed by atoms with van der Waals surface area (Å²) in [6, 6.07) is -0.981. The molecule has 1 fully saturated rings. The highest BCUT2D eigenvalue weighted by Gasteiger charge is 2.40. The number of aliphatic carboxylic acids is 1. The number of hydrogen-bond donors (Lipinski definition) is 2. The Labute approximate surface area is 89.4 Å². The van der Waals surface area contributed by atoms with Crippen molar-refractivity contribution in [3.05, 3.63) is 0 Å². The van der Waals surface area contributed by atoms with E-state index in [9.17, 15) is 9.59 Å². The molecule has 15 heavy (non-hydrogen) atoms. The van der Waals surface area contributed by atoms with Crippen LogP contribution in [0.5, 0.6) is 0 Å². The van der Waals surface area contributed by atoms with Crippen LogP contribution in [0.3, 0.4) is 0 Å². The summed E-state index contributed by atoms with van der Waals surface area (Å²) in [5.74, 6) is -0.999. The van der Waals surface area contributed by atoms with E-state index in [0.717, 1.165) is 6.42 Å².